The Morgan fingerprint density at radius 3 is 3.13 bits per heavy atom. The first-order valence-electron chi connectivity index (χ1n) is 8.33. The predicted molar refractivity (Wildman–Crippen MR) is 92.7 cm³/mol. The van der Waals surface area contributed by atoms with Crippen molar-refractivity contribution < 1.29 is 14.6 Å². The van der Waals surface area contributed by atoms with Crippen LogP contribution >= 0.6 is 15.9 Å². The fourth-order valence-electron chi connectivity index (χ4n) is 3.09. The van der Waals surface area contributed by atoms with Crippen LogP contribution in [0.2, 0.25) is 0 Å². The highest BCUT2D eigenvalue weighted by atomic mass is 79.9. The maximum absolute atomic E-state index is 9.84. The minimum Gasteiger partial charge on any atom is -0.490 e. The molecule has 5 nitrogen and oxygen atoms in total. The lowest BCUT2D eigenvalue weighted by atomic mass is 9.99. The average Bonchev–Trinajstić information content (AvgIpc) is 3.07. The van der Waals surface area contributed by atoms with Crippen molar-refractivity contribution in [2.24, 2.45) is 0 Å². The van der Waals surface area contributed by atoms with Crippen molar-refractivity contribution in [2.45, 2.75) is 38.5 Å². The Morgan fingerprint density at radius 1 is 1.52 bits per heavy atom. The molecule has 1 unspecified atom stereocenters. The van der Waals surface area contributed by atoms with E-state index in [0.29, 0.717) is 13.3 Å². The molecule has 6 heteroatoms. The lowest BCUT2D eigenvalue weighted by Gasteiger charge is -2.31. The Labute approximate surface area is 146 Å². The molecule has 0 saturated carbocycles. The van der Waals surface area contributed by atoms with Crippen molar-refractivity contribution >= 4 is 15.9 Å². The van der Waals surface area contributed by atoms with Crippen molar-refractivity contribution in [2.75, 3.05) is 33.0 Å². The smallest absolute Gasteiger partial charge is 0.133 e. The monoisotopic (exact) mass is 384 g/mol. The van der Waals surface area contributed by atoms with Crippen LogP contribution in [-0.4, -0.2) is 55.2 Å². The summed E-state index contributed by atoms with van der Waals surface area (Å²) in [6.45, 7) is 6.65. The van der Waals surface area contributed by atoms with Gasteiger partial charge >= 0.3 is 0 Å². The summed E-state index contributed by atoms with van der Waals surface area (Å²) < 4.78 is 12.5. The van der Waals surface area contributed by atoms with Gasteiger partial charge in [-0.15, -0.1) is 0 Å². The van der Waals surface area contributed by atoms with Crippen molar-refractivity contribution in [1.82, 2.24) is 10.2 Å². The van der Waals surface area contributed by atoms with E-state index in [4.69, 9.17) is 9.47 Å². The molecule has 0 spiro atoms. The number of aliphatic hydroxyl groups is 1. The second-order valence-electron chi connectivity index (χ2n) is 6.26. The van der Waals surface area contributed by atoms with Crippen LogP contribution in [0.1, 0.15) is 24.5 Å². The molecule has 3 rings (SSSR count). The average molecular weight is 385 g/mol. The molecule has 23 heavy (non-hydrogen) atoms. The maximum atomic E-state index is 9.84. The molecule has 2 aliphatic heterocycles. The summed E-state index contributed by atoms with van der Waals surface area (Å²) in [5, 5.41) is 13.0. The van der Waals surface area contributed by atoms with E-state index >= 15 is 0 Å². The standard InChI is InChI=1S/C17H25BrN2O3/c1-2-13(21)9-20-6-5-15-12(8-20)3-4-16(17(15)18)22-10-14-7-19-11-23-14/h3-4,13-14,19,21H,2,5-11H2,1H3/t13-,14?/m0/s1. The van der Waals surface area contributed by atoms with Crippen LogP contribution in [-0.2, 0) is 17.7 Å². The zero-order valence-corrected chi connectivity index (χ0v) is 15.1. The number of benzene rings is 1. The largest absolute Gasteiger partial charge is 0.490 e. The number of ether oxygens (including phenoxy) is 2. The van der Waals surface area contributed by atoms with Crippen LogP contribution in [0, 0.1) is 0 Å². The Morgan fingerprint density at radius 2 is 2.39 bits per heavy atom. The van der Waals surface area contributed by atoms with Gasteiger partial charge in [0.15, 0.2) is 0 Å². The molecule has 1 aromatic carbocycles. The normalized spacial score (nSPS) is 22.8. The van der Waals surface area contributed by atoms with Gasteiger partial charge in [0.05, 0.1) is 17.3 Å². The van der Waals surface area contributed by atoms with Crippen LogP contribution in [0.25, 0.3) is 0 Å². The Bertz CT molecular complexity index is 535. The van der Waals surface area contributed by atoms with E-state index < -0.39 is 0 Å². The van der Waals surface area contributed by atoms with E-state index in [1.54, 1.807) is 0 Å². The molecule has 0 aromatic heterocycles. The van der Waals surface area contributed by atoms with Crippen molar-refractivity contribution in [3.63, 3.8) is 0 Å². The van der Waals surface area contributed by atoms with Crippen molar-refractivity contribution in [3.05, 3.63) is 27.7 Å². The van der Waals surface area contributed by atoms with E-state index in [1.807, 2.05) is 13.0 Å². The fourth-order valence-corrected chi connectivity index (χ4v) is 3.79. The number of fused-ring (bicyclic) bond motifs is 1. The Hall–Kier alpha value is -0.660. The molecular formula is C17H25BrN2O3. The number of aliphatic hydroxyl groups excluding tert-OH is 1. The summed E-state index contributed by atoms with van der Waals surface area (Å²) in [6.07, 6.45) is 1.68. The number of halogens is 1. The summed E-state index contributed by atoms with van der Waals surface area (Å²) in [5.74, 6) is 0.890. The second-order valence-corrected chi connectivity index (χ2v) is 7.05. The van der Waals surface area contributed by atoms with Gasteiger partial charge in [-0.25, -0.2) is 0 Å². The maximum Gasteiger partial charge on any atom is 0.133 e. The van der Waals surface area contributed by atoms with Gasteiger partial charge in [-0.1, -0.05) is 13.0 Å². The molecule has 2 aliphatic rings. The van der Waals surface area contributed by atoms with E-state index in [9.17, 15) is 5.11 Å². The van der Waals surface area contributed by atoms with Crippen LogP contribution in [0.4, 0.5) is 0 Å². The van der Waals surface area contributed by atoms with Crippen molar-refractivity contribution in [1.29, 1.82) is 0 Å². The molecule has 0 amide bonds. The van der Waals surface area contributed by atoms with Gasteiger partial charge in [-0.3, -0.25) is 10.2 Å². The first-order chi connectivity index (χ1) is 11.2. The number of β-amino-alcohol motifs (C(OH)–C–C–N with tert-alkyl or cyclic N) is 1. The van der Waals surface area contributed by atoms with Gasteiger partial charge in [0.2, 0.25) is 0 Å². The molecule has 2 N–H and O–H groups in total. The van der Waals surface area contributed by atoms with Crippen LogP contribution in [0.3, 0.4) is 0 Å². The number of rotatable bonds is 6. The first kappa shape index (κ1) is 17.2. The predicted octanol–water partition coefficient (Wildman–Crippen LogP) is 1.90. The molecule has 0 bridgehead atoms. The molecule has 1 fully saturated rings. The van der Waals surface area contributed by atoms with Gasteiger partial charge in [0.25, 0.3) is 0 Å². The van der Waals surface area contributed by atoms with Gasteiger partial charge in [-0.05, 0) is 46.0 Å². The third kappa shape index (κ3) is 4.25. The molecule has 0 aliphatic carbocycles. The first-order valence-corrected chi connectivity index (χ1v) is 9.12. The topological polar surface area (TPSA) is 54.0 Å². The number of hydrogen-bond acceptors (Lipinski definition) is 5. The second kappa shape index (κ2) is 7.94. The summed E-state index contributed by atoms with van der Waals surface area (Å²) >= 11 is 3.71. The zero-order valence-electron chi connectivity index (χ0n) is 13.6. The van der Waals surface area contributed by atoms with Gasteiger partial charge in [0.1, 0.15) is 18.5 Å². The lowest BCUT2D eigenvalue weighted by molar-refractivity contribution is 0.0713. The summed E-state index contributed by atoms with van der Waals surface area (Å²) in [4.78, 5) is 2.32. The minimum absolute atomic E-state index is 0.129. The molecule has 1 saturated heterocycles. The van der Waals surface area contributed by atoms with E-state index in [-0.39, 0.29) is 12.2 Å². The summed E-state index contributed by atoms with van der Waals surface area (Å²) in [5.41, 5.74) is 2.65. The minimum atomic E-state index is -0.234. The Balaban J connectivity index is 1.63. The van der Waals surface area contributed by atoms with E-state index in [1.165, 1.54) is 11.1 Å². The third-order valence-electron chi connectivity index (χ3n) is 4.53. The molecule has 2 atom stereocenters. The highest BCUT2D eigenvalue weighted by Crippen LogP contribution is 2.34. The van der Waals surface area contributed by atoms with Gasteiger partial charge in [0, 0.05) is 26.2 Å². The summed E-state index contributed by atoms with van der Waals surface area (Å²) in [6, 6.07) is 4.18. The molecule has 1 aromatic rings. The quantitative estimate of drug-likeness (QED) is 0.784. The van der Waals surface area contributed by atoms with E-state index in [2.05, 4.69) is 32.2 Å². The molecular weight excluding hydrogens is 360 g/mol. The SMILES string of the molecule is CC[C@H](O)CN1CCc2c(ccc(OCC3CNCO3)c2Br)C1. The molecule has 2 heterocycles. The van der Waals surface area contributed by atoms with Gasteiger partial charge < -0.3 is 14.6 Å². The zero-order chi connectivity index (χ0) is 16.2. The number of hydrogen-bond donors (Lipinski definition) is 2. The molecule has 128 valence electrons. The summed E-state index contributed by atoms with van der Waals surface area (Å²) in [7, 11) is 0. The lowest BCUT2D eigenvalue weighted by Crippen LogP contribution is -2.36. The van der Waals surface area contributed by atoms with Crippen LogP contribution in [0.5, 0.6) is 5.75 Å². The Kier molecular flexibility index (Phi) is 5.93. The van der Waals surface area contributed by atoms with Gasteiger partial charge in [-0.2, -0.15) is 0 Å². The van der Waals surface area contributed by atoms with Crippen LogP contribution in [0.15, 0.2) is 16.6 Å². The third-order valence-corrected chi connectivity index (χ3v) is 5.40. The fraction of sp³-hybridized carbons (Fsp3) is 0.647. The van der Waals surface area contributed by atoms with Crippen LogP contribution < -0.4 is 10.1 Å². The molecule has 0 radical (unpaired) electrons. The highest BCUT2D eigenvalue weighted by Gasteiger charge is 2.22. The highest BCUT2D eigenvalue weighted by molar-refractivity contribution is 9.10. The number of nitrogens with one attached hydrogen (secondary N) is 1. The van der Waals surface area contributed by atoms with Crippen molar-refractivity contribution in [3.8, 4) is 5.75 Å². The number of nitrogens with zero attached hydrogens (tertiary/aromatic N) is 1. The van der Waals surface area contributed by atoms with E-state index in [0.717, 1.165) is 49.2 Å².